The van der Waals surface area contributed by atoms with Crippen LogP contribution in [0.2, 0.25) is 0 Å². The van der Waals surface area contributed by atoms with Gasteiger partial charge in [-0.05, 0) is 74.3 Å². The molecule has 260 valence electrons. The maximum Gasteiger partial charge on any atom is 0.410 e. The van der Waals surface area contributed by atoms with Crippen molar-refractivity contribution in [3.8, 4) is 5.75 Å². The first kappa shape index (κ1) is 34.0. The highest BCUT2D eigenvalue weighted by molar-refractivity contribution is 7.91. The number of ether oxygens (including phenoxy) is 1. The van der Waals surface area contributed by atoms with E-state index in [1.807, 2.05) is 41.3 Å². The summed E-state index contributed by atoms with van der Waals surface area (Å²) in [6.45, 7) is 7.08. The number of likely N-dealkylation sites (tertiary alicyclic amines) is 2. The van der Waals surface area contributed by atoms with Crippen LogP contribution in [0.25, 0.3) is 0 Å². The number of rotatable bonds is 6. The minimum atomic E-state index is -2.97. The number of amides is 4. The monoisotopic (exact) mass is 681 g/mol. The summed E-state index contributed by atoms with van der Waals surface area (Å²) in [5, 5.41) is 13.3. The maximum absolute atomic E-state index is 14.0. The third-order valence-corrected chi connectivity index (χ3v) is 12.1. The number of anilines is 1. The third kappa shape index (κ3) is 7.72. The number of benzene rings is 2. The lowest BCUT2D eigenvalue weighted by Gasteiger charge is -2.41. The summed E-state index contributed by atoms with van der Waals surface area (Å²) in [5.74, 6) is 0.303. The van der Waals surface area contributed by atoms with Gasteiger partial charge in [0, 0.05) is 70.0 Å². The number of hydrogen-bond acceptors (Lipinski definition) is 8. The van der Waals surface area contributed by atoms with Crippen LogP contribution in [0.4, 0.5) is 15.3 Å². The zero-order valence-corrected chi connectivity index (χ0v) is 28.7. The Morgan fingerprint density at radius 3 is 2.17 bits per heavy atom. The van der Waals surface area contributed by atoms with Crippen LogP contribution in [-0.4, -0.2) is 127 Å². The molecule has 4 aliphatic heterocycles. The zero-order chi connectivity index (χ0) is 34.0. The van der Waals surface area contributed by atoms with Crippen molar-refractivity contribution in [2.45, 2.75) is 70.6 Å². The van der Waals surface area contributed by atoms with Gasteiger partial charge in [-0.1, -0.05) is 30.3 Å². The van der Waals surface area contributed by atoms with Gasteiger partial charge in [-0.3, -0.25) is 9.69 Å². The lowest BCUT2D eigenvalue weighted by Crippen LogP contribution is -2.54. The number of piperidine rings is 2. The number of aromatic hydroxyl groups is 1. The molecule has 0 bridgehead atoms. The number of para-hydroxylation sites is 1. The van der Waals surface area contributed by atoms with Crippen LogP contribution in [-0.2, 0) is 32.2 Å². The molecule has 3 fully saturated rings. The fraction of sp³-hybridized carbons (Fsp3) is 0.571. The Kier molecular flexibility index (Phi) is 10.2. The largest absolute Gasteiger partial charge is 0.507 e. The van der Waals surface area contributed by atoms with Crippen LogP contribution in [0, 0.1) is 13.8 Å². The molecule has 2 aromatic carbocycles. The first-order valence-electron chi connectivity index (χ1n) is 17.1. The molecule has 2 N–H and O–H groups in total. The Morgan fingerprint density at radius 1 is 0.896 bits per heavy atom. The van der Waals surface area contributed by atoms with Gasteiger partial charge in [-0.2, -0.15) is 0 Å². The zero-order valence-electron chi connectivity index (χ0n) is 27.9. The van der Waals surface area contributed by atoms with Crippen LogP contribution in [0.5, 0.6) is 5.75 Å². The fourth-order valence-corrected chi connectivity index (χ4v) is 8.83. The quantitative estimate of drug-likeness (QED) is 0.474. The topological polar surface area (TPSA) is 140 Å². The number of sulfone groups is 1. The SMILES string of the molecule is Cc1cc(C[C@@H](OC(=O)N2CCC(N3CCc4ccccc4NC3=O)CC2)C(=O)N2CCC(N3CCS(=O)(=O)CC3)CC2)cc(C)c1O. The molecule has 2 aromatic rings. The lowest BCUT2D eigenvalue weighted by atomic mass is 9.99. The number of hydrogen-bond donors (Lipinski definition) is 2. The number of urea groups is 1. The Labute approximate surface area is 282 Å². The van der Waals surface area contributed by atoms with Crippen molar-refractivity contribution in [3.05, 3.63) is 58.7 Å². The van der Waals surface area contributed by atoms with E-state index in [9.17, 15) is 27.9 Å². The molecule has 3 saturated heterocycles. The van der Waals surface area contributed by atoms with Gasteiger partial charge in [0.1, 0.15) is 5.75 Å². The van der Waals surface area contributed by atoms with Crippen molar-refractivity contribution in [1.82, 2.24) is 19.6 Å². The van der Waals surface area contributed by atoms with Crippen molar-refractivity contribution in [1.29, 1.82) is 0 Å². The number of aryl methyl sites for hydroxylation is 2. The number of fused-ring (bicyclic) bond motifs is 1. The highest BCUT2D eigenvalue weighted by Crippen LogP contribution is 2.27. The molecule has 0 aromatic heterocycles. The van der Waals surface area contributed by atoms with E-state index < -0.39 is 22.0 Å². The minimum absolute atomic E-state index is 0.00922. The molecule has 0 aliphatic carbocycles. The summed E-state index contributed by atoms with van der Waals surface area (Å²) in [6, 6.07) is 11.6. The molecule has 0 unspecified atom stereocenters. The maximum atomic E-state index is 14.0. The van der Waals surface area contributed by atoms with Crippen LogP contribution < -0.4 is 5.32 Å². The number of phenolic OH excluding ortho intramolecular Hbond substituents is 1. The second-order valence-corrected chi connectivity index (χ2v) is 16.0. The van der Waals surface area contributed by atoms with Crippen molar-refractivity contribution in [2.75, 3.05) is 62.6 Å². The van der Waals surface area contributed by atoms with Crippen molar-refractivity contribution >= 4 is 33.6 Å². The number of phenols is 1. The van der Waals surface area contributed by atoms with Gasteiger partial charge in [0.2, 0.25) is 0 Å². The summed E-state index contributed by atoms with van der Waals surface area (Å²) < 4.78 is 29.8. The van der Waals surface area contributed by atoms with E-state index in [1.54, 1.807) is 23.6 Å². The molecule has 6 rings (SSSR count). The van der Waals surface area contributed by atoms with E-state index in [2.05, 4.69) is 10.2 Å². The normalized spacial score (nSPS) is 21.6. The standard InChI is InChI=1S/C35H47N5O7S/c1-24-21-26(22-25(2)32(24)41)23-31(33(42)38-12-8-28(9-13-38)37-17-19-48(45,46)20-18-37)47-35(44)39-14-10-29(11-15-39)40-16-7-27-5-3-4-6-30(27)36-34(40)43/h3-6,21-22,28-29,31,41H,7-20,23H2,1-2H3,(H,36,43)/t31-/m1/s1. The first-order chi connectivity index (χ1) is 23.0. The summed E-state index contributed by atoms with van der Waals surface area (Å²) in [4.78, 5) is 48.1. The molecule has 4 amide bonds. The highest BCUT2D eigenvalue weighted by atomic mass is 32.2. The van der Waals surface area contributed by atoms with Gasteiger partial charge in [0.25, 0.3) is 5.91 Å². The Morgan fingerprint density at radius 2 is 1.50 bits per heavy atom. The third-order valence-electron chi connectivity index (χ3n) is 10.5. The summed E-state index contributed by atoms with van der Waals surface area (Å²) in [6.07, 6.45) is 2.04. The molecular formula is C35H47N5O7S. The van der Waals surface area contributed by atoms with Crippen LogP contribution in [0.1, 0.15) is 47.9 Å². The summed E-state index contributed by atoms with van der Waals surface area (Å²) in [7, 11) is -2.97. The molecule has 0 saturated carbocycles. The van der Waals surface area contributed by atoms with Gasteiger partial charge in [-0.25, -0.2) is 18.0 Å². The first-order valence-corrected chi connectivity index (χ1v) is 18.9. The minimum Gasteiger partial charge on any atom is -0.507 e. The fourth-order valence-electron chi connectivity index (χ4n) is 7.60. The molecule has 4 aliphatic rings. The van der Waals surface area contributed by atoms with E-state index in [-0.39, 0.29) is 47.7 Å². The van der Waals surface area contributed by atoms with E-state index in [0.29, 0.717) is 69.8 Å². The molecule has 4 heterocycles. The molecular weight excluding hydrogens is 634 g/mol. The molecule has 12 nitrogen and oxygen atoms in total. The van der Waals surface area contributed by atoms with Crippen molar-refractivity contribution in [3.63, 3.8) is 0 Å². The van der Waals surface area contributed by atoms with Gasteiger partial charge < -0.3 is 29.9 Å². The molecule has 48 heavy (non-hydrogen) atoms. The van der Waals surface area contributed by atoms with Gasteiger partial charge in [0.05, 0.1) is 11.5 Å². The van der Waals surface area contributed by atoms with E-state index in [4.69, 9.17) is 4.74 Å². The van der Waals surface area contributed by atoms with Gasteiger partial charge >= 0.3 is 12.1 Å². The highest BCUT2D eigenvalue weighted by Gasteiger charge is 2.37. The van der Waals surface area contributed by atoms with Crippen LogP contribution >= 0.6 is 0 Å². The number of nitrogens with one attached hydrogen (secondary N) is 1. The van der Waals surface area contributed by atoms with Crippen molar-refractivity contribution in [2.24, 2.45) is 0 Å². The molecule has 13 heteroatoms. The molecule has 0 spiro atoms. The second-order valence-electron chi connectivity index (χ2n) is 13.6. The number of carbonyl (C=O) groups is 3. The number of nitrogens with zero attached hydrogens (tertiary/aromatic N) is 4. The molecule has 0 radical (unpaired) electrons. The van der Waals surface area contributed by atoms with Crippen LogP contribution in [0.15, 0.2) is 36.4 Å². The predicted molar refractivity (Wildman–Crippen MR) is 182 cm³/mol. The van der Waals surface area contributed by atoms with E-state index >= 15 is 0 Å². The van der Waals surface area contributed by atoms with Crippen LogP contribution in [0.3, 0.4) is 0 Å². The molecule has 1 atom stereocenters. The Hall–Kier alpha value is -3.84. The average molecular weight is 682 g/mol. The predicted octanol–water partition coefficient (Wildman–Crippen LogP) is 3.33. The lowest BCUT2D eigenvalue weighted by molar-refractivity contribution is -0.142. The Balaban J connectivity index is 1.08. The van der Waals surface area contributed by atoms with Gasteiger partial charge in [0.15, 0.2) is 15.9 Å². The van der Waals surface area contributed by atoms with Crippen molar-refractivity contribution < 1.29 is 32.6 Å². The van der Waals surface area contributed by atoms with E-state index in [1.165, 1.54) is 0 Å². The van der Waals surface area contributed by atoms with E-state index in [0.717, 1.165) is 36.1 Å². The second kappa shape index (κ2) is 14.3. The number of carbonyl (C=O) groups excluding carboxylic acids is 3. The summed E-state index contributed by atoms with van der Waals surface area (Å²) in [5.41, 5.74) is 4.12. The smallest absolute Gasteiger partial charge is 0.410 e. The Bertz CT molecular complexity index is 1600. The average Bonchev–Trinajstić information content (AvgIpc) is 3.24. The summed E-state index contributed by atoms with van der Waals surface area (Å²) >= 11 is 0. The van der Waals surface area contributed by atoms with Gasteiger partial charge in [-0.15, -0.1) is 0 Å².